The molecule has 0 aliphatic carbocycles. The van der Waals surface area contributed by atoms with E-state index in [1.165, 1.54) is 17.9 Å². The second-order valence-electron chi connectivity index (χ2n) is 4.53. The summed E-state index contributed by atoms with van der Waals surface area (Å²) in [7, 11) is -4.10. The fraction of sp³-hybridized carbons (Fsp3) is 0.667. The van der Waals surface area contributed by atoms with Crippen molar-refractivity contribution in [3.8, 4) is 0 Å². The molecule has 1 aromatic rings. The molecule has 108 valence electrons. The Balaban J connectivity index is 2.33. The molecule has 0 aromatic carbocycles. The lowest BCUT2D eigenvalue weighted by Gasteiger charge is -2.21. The number of nitrogens with zero attached hydrogens (tertiary/aromatic N) is 3. The number of rotatable bonds is 3. The molecule has 0 bridgehead atoms. The molecule has 2 heterocycles. The molecule has 1 aromatic heterocycles. The van der Waals surface area contributed by atoms with Crippen LogP contribution in [0.1, 0.15) is 6.42 Å². The topological polar surface area (TPSA) is 89.3 Å². The zero-order valence-electron chi connectivity index (χ0n) is 10.4. The van der Waals surface area contributed by atoms with Gasteiger partial charge in [-0.05, 0) is 6.42 Å². The van der Waals surface area contributed by atoms with Crippen molar-refractivity contribution in [3.63, 3.8) is 0 Å². The lowest BCUT2D eigenvalue weighted by Crippen LogP contribution is -2.38. The lowest BCUT2D eigenvalue weighted by molar-refractivity contribution is 0.392. The minimum atomic E-state index is -3.88. The molecule has 0 saturated carbocycles. The van der Waals surface area contributed by atoms with Crippen molar-refractivity contribution in [2.45, 2.75) is 17.5 Å². The van der Waals surface area contributed by atoms with Crippen LogP contribution in [0.25, 0.3) is 0 Å². The molecule has 1 aliphatic heterocycles. The molecule has 1 fully saturated rings. The second-order valence-corrected chi connectivity index (χ2v) is 9.03. The van der Waals surface area contributed by atoms with E-state index in [2.05, 4.69) is 4.98 Å². The van der Waals surface area contributed by atoms with Gasteiger partial charge in [0, 0.05) is 20.1 Å². The summed E-state index contributed by atoms with van der Waals surface area (Å²) in [5.74, 6) is -0.152. The minimum absolute atomic E-state index is 0.00713. The Hall–Kier alpha value is -0.640. The first-order valence-electron chi connectivity index (χ1n) is 5.50. The van der Waals surface area contributed by atoms with Crippen LogP contribution in [0.3, 0.4) is 0 Å². The van der Waals surface area contributed by atoms with Crippen LogP contribution < -0.4 is 0 Å². The molecule has 2 rings (SSSR count). The van der Waals surface area contributed by atoms with E-state index in [0.29, 0.717) is 6.42 Å². The summed E-state index contributed by atoms with van der Waals surface area (Å²) in [6.45, 7) is 0. The van der Waals surface area contributed by atoms with E-state index < -0.39 is 25.9 Å². The summed E-state index contributed by atoms with van der Waals surface area (Å²) in [5, 5.41) is -0.240. The lowest BCUT2D eigenvalue weighted by atomic mass is 10.3. The molecule has 10 heteroatoms. The Morgan fingerprint density at radius 3 is 2.58 bits per heavy atom. The van der Waals surface area contributed by atoms with Crippen molar-refractivity contribution in [3.05, 3.63) is 11.5 Å². The summed E-state index contributed by atoms with van der Waals surface area (Å²) in [5.41, 5.74) is 0. The summed E-state index contributed by atoms with van der Waals surface area (Å²) in [6.07, 6.45) is 1.59. The predicted octanol–water partition coefficient (Wildman–Crippen LogP) is -0.119. The fourth-order valence-electron chi connectivity index (χ4n) is 1.96. The summed E-state index contributed by atoms with van der Waals surface area (Å²) in [6, 6.07) is -0.562. The molecule has 0 N–H and O–H groups in total. The van der Waals surface area contributed by atoms with E-state index in [-0.39, 0.29) is 21.7 Å². The Morgan fingerprint density at radius 1 is 1.53 bits per heavy atom. The van der Waals surface area contributed by atoms with Crippen molar-refractivity contribution in [1.82, 2.24) is 13.9 Å². The normalized spacial score (nSPS) is 23.1. The zero-order chi connectivity index (χ0) is 14.4. The molecule has 0 radical (unpaired) electrons. The summed E-state index contributed by atoms with van der Waals surface area (Å²) >= 11 is 5.88. The molecule has 1 saturated heterocycles. The molecular weight excluding hydrogens is 314 g/mol. The number of sulfone groups is 1. The van der Waals surface area contributed by atoms with Crippen LogP contribution in [0.4, 0.5) is 0 Å². The van der Waals surface area contributed by atoms with E-state index in [9.17, 15) is 16.8 Å². The van der Waals surface area contributed by atoms with Gasteiger partial charge in [-0.2, -0.15) is 4.31 Å². The zero-order valence-corrected chi connectivity index (χ0v) is 12.8. The maximum atomic E-state index is 12.3. The molecule has 0 amide bonds. The first-order valence-corrected chi connectivity index (χ1v) is 9.14. The van der Waals surface area contributed by atoms with Gasteiger partial charge < -0.3 is 4.57 Å². The van der Waals surface area contributed by atoms with Gasteiger partial charge in [-0.25, -0.2) is 21.8 Å². The highest BCUT2D eigenvalue weighted by atomic mass is 35.5. The van der Waals surface area contributed by atoms with Gasteiger partial charge in [0.2, 0.25) is 5.03 Å². The largest absolute Gasteiger partial charge is 0.324 e. The third-order valence-corrected chi connectivity index (χ3v) is 7.33. The van der Waals surface area contributed by atoms with Crippen molar-refractivity contribution < 1.29 is 16.8 Å². The molecular formula is C9H14ClN3O4S2. The third kappa shape index (κ3) is 2.64. The maximum Gasteiger partial charge on any atom is 0.263 e. The monoisotopic (exact) mass is 327 g/mol. The number of aryl methyl sites for hydroxylation is 1. The van der Waals surface area contributed by atoms with Gasteiger partial charge in [-0.3, -0.25) is 0 Å². The second kappa shape index (κ2) is 4.72. The molecule has 0 spiro atoms. The van der Waals surface area contributed by atoms with E-state index in [1.807, 2.05) is 0 Å². The van der Waals surface area contributed by atoms with Crippen LogP contribution in [0.15, 0.2) is 11.4 Å². The van der Waals surface area contributed by atoms with Gasteiger partial charge in [0.25, 0.3) is 10.0 Å². The van der Waals surface area contributed by atoms with E-state index in [4.69, 9.17) is 11.6 Å². The molecule has 1 aliphatic rings. The minimum Gasteiger partial charge on any atom is -0.324 e. The number of hydrogen-bond donors (Lipinski definition) is 0. The molecule has 1 unspecified atom stereocenters. The quantitative estimate of drug-likeness (QED) is 0.772. The van der Waals surface area contributed by atoms with Gasteiger partial charge in [-0.1, -0.05) is 11.6 Å². The maximum absolute atomic E-state index is 12.3. The van der Waals surface area contributed by atoms with Gasteiger partial charge in [0.1, 0.15) is 5.15 Å². The van der Waals surface area contributed by atoms with Crippen LogP contribution in [0.5, 0.6) is 0 Å². The first-order chi connectivity index (χ1) is 8.65. The highest BCUT2D eigenvalue weighted by Gasteiger charge is 2.38. The Kier molecular flexibility index (Phi) is 3.67. The average Bonchev–Trinajstić information content (AvgIpc) is 2.82. The molecule has 19 heavy (non-hydrogen) atoms. The fourth-order valence-corrected chi connectivity index (χ4v) is 5.60. The number of halogens is 1. The van der Waals surface area contributed by atoms with E-state index in [0.717, 1.165) is 4.31 Å². The van der Waals surface area contributed by atoms with Gasteiger partial charge in [0.05, 0.1) is 17.8 Å². The van der Waals surface area contributed by atoms with Gasteiger partial charge in [0.15, 0.2) is 9.84 Å². The van der Waals surface area contributed by atoms with Crippen molar-refractivity contribution >= 4 is 31.5 Å². The van der Waals surface area contributed by atoms with Crippen LogP contribution in [-0.4, -0.2) is 55.3 Å². The standard InChI is InChI=1S/C9H14ClN3O4S2/c1-12-6-11-9(8(12)10)19(16,17)13(2)7-3-4-18(14,15)5-7/h6-7H,3-5H2,1-2H3. The van der Waals surface area contributed by atoms with Gasteiger partial charge in [-0.15, -0.1) is 0 Å². The van der Waals surface area contributed by atoms with Crippen molar-refractivity contribution in [2.75, 3.05) is 18.6 Å². The van der Waals surface area contributed by atoms with Crippen molar-refractivity contribution in [2.24, 2.45) is 7.05 Å². The predicted molar refractivity (Wildman–Crippen MR) is 70.2 cm³/mol. The van der Waals surface area contributed by atoms with Crippen molar-refractivity contribution in [1.29, 1.82) is 0 Å². The van der Waals surface area contributed by atoms with Gasteiger partial charge >= 0.3 is 0 Å². The Morgan fingerprint density at radius 2 is 2.16 bits per heavy atom. The molecule has 1 atom stereocenters. The van der Waals surface area contributed by atoms with Crippen LogP contribution in [0, 0.1) is 0 Å². The Labute approximate surface area is 117 Å². The number of aromatic nitrogens is 2. The number of imidazole rings is 1. The van der Waals surface area contributed by atoms with E-state index in [1.54, 1.807) is 7.05 Å². The molecule has 7 nitrogen and oxygen atoms in total. The highest BCUT2D eigenvalue weighted by molar-refractivity contribution is 7.92. The highest BCUT2D eigenvalue weighted by Crippen LogP contribution is 2.26. The van der Waals surface area contributed by atoms with Crippen LogP contribution in [-0.2, 0) is 26.9 Å². The first kappa shape index (κ1) is 14.8. The SMILES string of the molecule is CN(C1CCS(=O)(=O)C1)S(=O)(=O)c1ncn(C)c1Cl. The van der Waals surface area contributed by atoms with E-state index >= 15 is 0 Å². The summed E-state index contributed by atoms with van der Waals surface area (Å²) < 4.78 is 49.9. The third-order valence-electron chi connectivity index (χ3n) is 3.18. The summed E-state index contributed by atoms with van der Waals surface area (Å²) in [4.78, 5) is 3.77. The van der Waals surface area contributed by atoms with Crippen LogP contribution >= 0.6 is 11.6 Å². The average molecular weight is 328 g/mol. The smallest absolute Gasteiger partial charge is 0.263 e. The van der Waals surface area contributed by atoms with Crippen LogP contribution in [0.2, 0.25) is 5.15 Å². The number of hydrogen-bond acceptors (Lipinski definition) is 5. The Bertz CT molecular complexity index is 695. The number of sulfonamides is 1.